The Hall–Kier alpha value is -3.12. The molecule has 0 aliphatic heterocycles. The molecule has 35 heavy (non-hydrogen) atoms. The second-order valence-electron chi connectivity index (χ2n) is 8.95. The zero-order chi connectivity index (χ0) is 24.5. The average Bonchev–Trinajstić information content (AvgIpc) is 3.40. The smallest absolute Gasteiger partial charge is 0.261 e. The fourth-order valence-electron chi connectivity index (χ4n) is 4.46. The molecule has 1 aliphatic carbocycles. The standard InChI is InChI=1S/C29H31BrN2O3/c30-24-15-17-26(18-16-24)35-21-28(33)32(20-23-11-5-2-6-12-23)27(19-22-9-3-1-4-10-22)29(34)31-25-13-7-8-14-25/h1-6,9-12,15-18,25,27H,7-8,13-14,19-21H2,(H,31,34)/t27-/m1/s1. The van der Waals surface area contributed by atoms with Crippen LogP contribution in [0.25, 0.3) is 0 Å². The van der Waals surface area contributed by atoms with Gasteiger partial charge in [-0.3, -0.25) is 9.59 Å². The van der Waals surface area contributed by atoms with E-state index in [1.165, 1.54) is 0 Å². The van der Waals surface area contributed by atoms with Crippen molar-refractivity contribution in [2.24, 2.45) is 0 Å². The van der Waals surface area contributed by atoms with E-state index in [0.29, 0.717) is 18.7 Å². The summed E-state index contributed by atoms with van der Waals surface area (Å²) in [5, 5.41) is 3.22. The van der Waals surface area contributed by atoms with E-state index < -0.39 is 6.04 Å². The van der Waals surface area contributed by atoms with Gasteiger partial charge in [-0.15, -0.1) is 0 Å². The quantitative estimate of drug-likeness (QED) is 0.372. The number of amides is 2. The van der Waals surface area contributed by atoms with Gasteiger partial charge >= 0.3 is 0 Å². The monoisotopic (exact) mass is 534 g/mol. The SMILES string of the molecule is O=C(NC1CCCC1)[C@@H](Cc1ccccc1)N(Cc1ccccc1)C(=O)COc1ccc(Br)cc1. The number of benzene rings is 3. The molecule has 0 saturated heterocycles. The van der Waals surface area contributed by atoms with Crippen molar-refractivity contribution in [1.82, 2.24) is 10.2 Å². The van der Waals surface area contributed by atoms with Crippen LogP contribution < -0.4 is 10.1 Å². The normalized spacial score (nSPS) is 14.3. The van der Waals surface area contributed by atoms with Crippen LogP contribution in [0.4, 0.5) is 0 Å². The van der Waals surface area contributed by atoms with Crippen molar-refractivity contribution in [3.8, 4) is 5.75 Å². The summed E-state index contributed by atoms with van der Waals surface area (Å²) < 4.78 is 6.75. The molecule has 0 spiro atoms. The number of halogens is 1. The molecule has 4 rings (SSSR count). The Morgan fingerprint density at radius 1 is 0.886 bits per heavy atom. The lowest BCUT2D eigenvalue weighted by molar-refractivity contribution is -0.143. The summed E-state index contributed by atoms with van der Waals surface area (Å²) in [4.78, 5) is 28.8. The highest BCUT2D eigenvalue weighted by Crippen LogP contribution is 2.21. The minimum atomic E-state index is -0.640. The molecule has 3 aromatic rings. The molecular formula is C29H31BrN2O3. The van der Waals surface area contributed by atoms with Crippen LogP contribution >= 0.6 is 15.9 Å². The van der Waals surface area contributed by atoms with Crippen molar-refractivity contribution >= 4 is 27.7 Å². The summed E-state index contributed by atoms with van der Waals surface area (Å²) in [7, 11) is 0. The Morgan fingerprint density at radius 3 is 2.11 bits per heavy atom. The lowest BCUT2D eigenvalue weighted by atomic mass is 10.0. The largest absolute Gasteiger partial charge is 0.484 e. The van der Waals surface area contributed by atoms with Crippen LogP contribution in [-0.4, -0.2) is 35.4 Å². The first kappa shape index (κ1) is 25.0. The van der Waals surface area contributed by atoms with Gasteiger partial charge in [-0.1, -0.05) is 89.4 Å². The number of carbonyl (C=O) groups is 2. The van der Waals surface area contributed by atoms with E-state index in [9.17, 15) is 9.59 Å². The predicted molar refractivity (Wildman–Crippen MR) is 141 cm³/mol. The van der Waals surface area contributed by atoms with Crippen LogP contribution in [0.5, 0.6) is 5.75 Å². The summed E-state index contributed by atoms with van der Waals surface area (Å²) >= 11 is 3.41. The number of nitrogens with one attached hydrogen (secondary N) is 1. The van der Waals surface area contributed by atoms with Crippen LogP contribution in [0.2, 0.25) is 0 Å². The van der Waals surface area contributed by atoms with E-state index in [1.54, 1.807) is 4.90 Å². The van der Waals surface area contributed by atoms with Crippen molar-refractivity contribution < 1.29 is 14.3 Å². The second kappa shape index (κ2) is 12.5. The van der Waals surface area contributed by atoms with Crippen LogP contribution in [0, 0.1) is 0 Å². The van der Waals surface area contributed by atoms with E-state index in [1.807, 2.05) is 84.9 Å². The molecule has 0 radical (unpaired) electrons. The molecule has 0 aromatic heterocycles. The highest BCUT2D eigenvalue weighted by Gasteiger charge is 2.32. The maximum atomic E-state index is 13.6. The zero-order valence-corrected chi connectivity index (χ0v) is 21.3. The molecule has 6 heteroatoms. The van der Waals surface area contributed by atoms with Gasteiger partial charge in [-0.25, -0.2) is 0 Å². The molecule has 2 amide bonds. The number of nitrogens with zero attached hydrogens (tertiary/aromatic N) is 1. The fourth-order valence-corrected chi connectivity index (χ4v) is 4.72. The summed E-state index contributed by atoms with van der Waals surface area (Å²) in [6.07, 6.45) is 4.67. The van der Waals surface area contributed by atoms with Crippen molar-refractivity contribution in [3.05, 3.63) is 101 Å². The number of ether oxygens (including phenoxy) is 1. The van der Waals surface area contributed by atoms with Gasteiger partial charge in [0.25, 0.3) is 5.91 Å². The maximum absolute atomic E-state index is 13.6. The van der Waals surface area contributed by atoms with Crippen molar-refractivity contribution in [2.75, 3.05) is 6.61 Å². The van der Waals surface area contributed by atoms with Crippen LogP contribution in [0.3, 0.4) is 0 Å². The zero-order valence-electron chi connectivity index (χ0n) is 19.7. The van der Waals surface area contributed by atoms with Crippen LogP contribution in [0.1, 0.15) is 36.8 Å². The Kier molecular flexibility index (Phi) is 8.96. The molecule has 1 N–H and O–H groups in total. The van der Waals surface area contributed by atoms with Gasteiger partial charge in [0.1, 0.15) is 11.8 Å². The van der Waals surface area contributed by atoms with Gasteiger partial charge < -0.3 is 15.0 Å². The third-order valence-electron chi connectivity index (χ3n) is 6.34. The molecule has 1 fully saturated rings. The molecule has 1 saturated carbocycles. The molecule has 5 nitrogen and oxygen atoms in total. The highest BCUT2D eigenvalue weighted by atomic mass is 79.9. The Balaban J connectivity index is 1.58. The van der Waals surface area contributed by atoms with E-state index in [2.05, 4.69) is 21.2 Å². The molecule has 3 aromatic carbocycles. The Morgan fingerprint density at radius 2 is 1.49 bits per heavy atom. The summed E-state index contributed by atoms with van der Waals surface area (Å²) in [5.74, 6) is 0.282. The summed E-state index contributed by atoms with van der Waals surface area (Å²) in [5.41, 5.74) is 1.98. The first-order chi connectivity index (χ1) is 17.1. The lowest BCUT2D eigenvalue weighted by Gasteiger charge is -2.32. The van der Waals surface area contributed by atoms with Gasteiger partial charge in [-0.2, -0.15) is 0 Å². The minimum absolute atomic E-state index is 0.103. The van der Waals surface area contributed by atoms with Gasteiger partial charge in [0.15, 0.2) is 6.61 Å². The first-order valence-electron chi connectivity index (χ1n) is 12.1. The molecular weight excluding hydrogens is 504 g/mol. The van der Waals surface area contributed by atoms with Gasteiger partial charge in [0.05, 0.1) is 0 Å². The predicted octanol–water partition coefficient (Wildman–Crippen LogP) is 5.53. The Bertz CT molecular complexity index is 1080. The minimum Gasteiger partial charge on any atom is -0.484 e. The van der Waals surface area contributed by atoms with Crippen LogP contribution in [0.15, 0.2) is 89.4 Å². The molecule has 0 unspecified atom stereocenters. The fraction of sp³-hybridized carbons (Fsp3) is 0.310. The number of carbonyl (C=O) groups excluding carboxylic acids is 2. The summed E-state index contributed by atoms with van der Waals surface area (Å²) in [6.45, 7) is 0.190. The number of hydrogen-bond donors (Lipinski definition) is 1. The van der Waals surface area contributed by atoms with Gasteiger partial charge in [-0.05, 0) is 48.2 Å². The molecule has 1 atom stereocenters. The molecule has 1 aliphatic rings. The average molecular weight is 535 g/mol. The van der Waals surface area contributed by atoms with Crippen LogP contribution in [-0.2, 0) is 22.6 Å². The van der Waals surface area contributed by atoms with Gasteiger partial charge in [0.2, 0.25) is 5.91 Å². The van der Waals surface area contributed by atoms with E-state index in [-0.39, 0.29) is 24.5 Å². The number of hydrogen-bond acceptors (Lipinski definition) is 3. The van der Waals surface area contributed by atoms with Crippen molar-refractivity contribution in [2.45, 2.75) is 50.7 Å². The first-order valence-corrected chi connectivity index (χ1v) is 12.9. The topological polar surface area (TPSA) is 58.6 Å². The lowest BCUT2D eigenvalue weighted by Crippen LogP contribution is -2.53. The van der Waals surface area contributed by atoms with E-state index in [4.69, 9.17) is 4.74 Å². The molecule has 0 bridgehead atoms. The third-order valence-corrected chi connectivity index (χ3v) is 6.87. The van der Waals surface area contributed by atoms with Crippen molar-refractivity contribution in [3.63, 3.8) is 0 Å². The maximum Gasteiger partial charge on any atom is 0.261 e. The third kappa shape index (κ3) is 7.43. The summed E-state index contributed by atoms with van der Waals surface area (Å²) in [6, 6.07) is 26.6. The van der Waals surface area contributed by atoms with Gasteiger partial charge in [0, 0.05) is 23.5 Å². The van der Waals surface area contributed by atoms with Crippen molar-refractivity contribution in [1.29, 1.82) is 0 Å². The highest BCUT2D eigenvalue weighted by molar-refractivity contribution is 9.10. The molecule has 182 valence electrons. The van der Waals surface area contributed by atoms with E-state index in [0.717, 1.165) is 41.3 Å². The number of rotatable bonds is 10. The molecule has 0 heterocycles. The second-order valence-corrected chi connectivity index (χ2v) is 9.86. The van der Waals surface area contributed by atoms with E-state index >= 15 is 0 Å². The Labute approximate surface area is 215 Å².